The standard InChI is InChI=1S/C22H38/c1-7-16-13(4)18-9-22(16)21(15(18)6)10-20-14(5)17-8-19(20)12(3)11(17)2/h11-22H,7-10H2,1-6H3. The summed E-state index contributed by atoms with van der Waals surface area (Å²) in [5.41, 5.74) is 0. The quantitative estimate of drug-likeness (QED) is 0.589. The second-order valence-corrected chi connectivity index (χ2v) is 10.1. The van der Waals surface area contributed by atoms with Crippen molar-refractivity contribution in [2.24, 2.45) is 71.0 Å². The molecule has 0 aliphatic heterocycles. The SMILES string of the molecule is CCC1C(C)C2CC1C(CC1C(C)C3CC1C(C)C3C)C2C. The van der Waals surface area contributed by atoms with Gasteiger partial charge in [-0.2, -0.15) is 0 Å². The highest BCUT2D eigenvalue weighted by atomic mass is 14.6. The van der Waals surface area contributed by atoms with Gasteiger partial charge in [-0.05, 0) is 90.3 Å². The summed E-state index contributed by atoms with van der Waals surface area (Å²) in [6.07, 6.45) is 6.17. The lowest BCUT2D eigenvalue weighted by Crippen LogP contribution is -2.37. The Balaban J connectivity index is 1.51. The normalized spacial score (nSPS) is 63.0. The van der Waals surface area contributed by atoms with Crippen LogP contribution in [0.1, 0.15) is 67.2 Å². The van der Waals surface area contributed by atoms with Crippen molar-refractivity contribution in [2.45, 2.75) is 67.2 Å². The molecule has 0 aromatic heterocycles. The topological polar surface area (TPSA) is 0 Å². The zero-order valence-corrected chi connectivity index (χ0v) is 15.8. The molecular weight excluding hydrogens is 264 g/mol. The Morgan fingerprint density at radius 2 is 1.00 bits per heavy atom. The molecule has 0 amide bonds. The summed E-state index contributed by atoms with van der Waals surface area (Å²) in [4.78, 5) is 0. The third-order valence-electron chi connectivity index (χ3n) is 9.99. The van der Waals surface area contributed by atoms with Gasteiger partial charge in [-0.25, -0.2) is 0 Å². The highest BCUT2D eigenvalue weighted by molar-refractivity contribution is 5.06. The van der Waals surface area contributed by atoms with Gasteiger partial charge in [0.05, 0.1) is 0 Å². The Hall–Kier alpha value is 0. The number of rotatable bonds is 3. The van der Waals surface area contributed by atoms with Crippen molar-refractivity contribution in [3.63, 3.8) is 0 Å². The van der Waals surface area contributed by atoms with Gasteiger partial charge in [0.15, 0.2) is 0 Å². The summed E-state index contributed by atoms with van der Waals surface area (Å²) >= 11 is 0. The molecule has 22 heavy (non-hydrogen) atoms. The third kappa shape index (κ3) is 1.88. The van der Waals surface area contributed by atoms with Gasteiger partial charge >= 0.3 is 0 Å². The van der Waals surface area contributed by atoms with E-state index >= 15 is 0 Å². The number of hydrogen-bond acceptors (Lipinski definition) is 0. The van der Waals surface area contributed by atoms with E-state index in [1.165, 1.54) is 6.42 Å². The first-order valence-corrected chi connectivity index (χ1v) is 10.5. The zero-order chi connectivity index (χ0) is 15.8. The first-order chi connectivity index (χ1) is 10.5. The molecule has 0 saturated heterocycles. The molecule has 0 aromatic rings. The van der Waals surface area contributed by atoms with Gasteiger partial charge in [-0.3, -0.25) is 0 Å². The van der Waals surface area contributed by atoms with Gasteiger partial charge in [-0.1, -0.05) is 48.0 Å². The molecule has 0 spiro atoms. The van der Waals surface area contributed by atoms with E-state index in [0.717, 1.165) is 71.0 Å². The molecule has 126 valence electrons. The van der Waals surface area contributed by atoms with E-state index < -0.39 is 0 Å². The lowest BCUT2D eigenvalue weighted by atomic mass is 9.62. The fourth-order valence-corrected chi connectivity index (χ4v) is 8.56. The zero-order valence-electron chi connectivity index (χ0n) is 15.8. The molecule has 4 bridgehead atoms. The molecule has 12 atom stereocenters. The molecule has 0 nitrogen and oxygen atoms in total. The van der Waals surface area contributed by atoms with Crippen LogP contribution in [0.4, 0.5) is 0 Å². The van der Waals surface area contributed by atoms with E-state index in [1.807, 2.05) is 0 Å². The van der Waals surface area contributed by atoms with Crippen molar-refractivity contribution in [3.8, 4) is 0 Å². The summed E-state index contributed by atoms with van der Waals surface area (Å²) in [5, 5.41) is 0. The molecule has 4 aliphatic rings. The Kier molecular flexibility index (Phi) is 3.70. The van der Waals surface area contributed by atoms with Crippen LogP contribution in [0.25, 0.3) is 0 Å². The maximum absolute atomic E-state index is 2.61. The van der Waals surface area contributed by atoms with Crippen molar-refractivity contribution in [1.82, 2.24) is 0 Å². The van der Waals surface area contributed by atoms with Gasteiger partial charge in [0.2, 0.25) is 0 Å². The van der Waals surface area contributed by atoms with Crippen LogP contribution in [-0.2, 0) is 0 Å². The average Bonchev–Trinajstić information content (AvgIpc) is 3.16. The highest BCUT2D eigenvalue weighted by Crippen LogP contribution is 2.64. The van der Waals surface area contributed by atoms with Gasteiger partial charge in [0.25, 0.3) is 0 Å². The van der Waals surface area contributed by atoms with Crippen LogP contribution in [0.5, 0.6) is 0 Å². The van der Waals surface area contributed by atoms with Crippen LogP contribution < -0.4 is 0 Å². The van der Waals surface area contributed by atoms with Gasteiger partial charge < -0.3 is 0 Å². The third-order valence-corrected chi connectivity index (χ3v) is 9.99. The first kappa shape index (κ1) is 15.5. The molecule has 0 aromatic carbocycles. The summed E-state index contributed by atoms with van der Waals surface area (Å²) < 4.78 is 0. The predicted octanol–water partition coefficient (Wildman–Crippen LogP) is 6.12. The molecule has 0 radical (unpaired) electrons. The lowest BCUT2D eigenvalue weighted by molar-refractivity contribution is 0.0513. The largest absolute Gasteiger partial charge is 0.0651 e. The number of fused-ring (bicyclic) bond motifs is 4. The number of hydrogen-bond donors (Lipinski definition) is 0. The molecule has 4 saturated carbocycles. The van der Waals surface area contributed by atoms with Crippen LogP contribution >= 0.6 is 0 Å². The van der Waals surface area contributed by atoms with Gasteiger partial charge in [-0.15, -0.1) is 0 Å². The molecular formula is C22H38. The summed E-state index contributed by atoms with van der Waals surface area (Å²) in [5.74, 6) is 12.5. The van der Waals surface area contributed by atoms with Crippen LogP contribution in [0.3, 0.4) is 0 Å². The van der Waals surface area contributed by atoms with Crippen LogP contribution in [0.15, 0.2) is 0 Å². The fraction of sp³-hybridized carbons (Fsp3) is 1.00. The average molecular weight is 303 g/mol. The smallest absolute Gasteiger partial charge is 0.0349 e. The first-order valence-electron chi connectivity index (χ1n) is 10.5. The van der Waals surface area contributed by atoms with E-state index in [2.05, 4.69) is 41.5 Å². The van der Waals surface area contributed by atoms with Crippen LogP contribution in [-0.4, -0.2) is 0 Å². The van der Waals surface area contributed by atoms with Crippen molar-refractivity contribution >= 4 is 0 Å². The summed E-state index contributed by atoms with van der Waals surface area (Å²) in [7, 11) is 0. The van der Waals surface area contributed by atoms with E-state index in [9.17, 15) is 0 Å². The summed E-state index contributed by atoms with van der Waals surface area (Å²) in [6.45, 7) is 15.3. The van der Waals surface area contributed by atoms with E-state index in [-0.39, 0.29) is 0 Å². The predicted molar refractivity (Wildman–Crippen MR) is 94.4 cm³/mol. The molecule has 4 rings (SSSR count). The molecule has 4 fully saturated rings. The van der Waals surface area contributed by atoms with Crippen molar-refractivity contribution < 1.29 is 0 Å². The Morgan fingerprint density at radius 1 is 0.545 bits per heavy atom. The molecule has 12 unspecified atom stereocenters. The van der Waals surface area contributed by atoms with E-state index in [4.69, 9.17) is 0 Å². The Labute approximate surface area is 138 Å². The van der Waals surface area contributed by atoms with Crippen molar-refractivity contribution in [2.75, 3.05) is 0 Å². The van der Waals surface area contributed by atoms with Crippen molar-refractivity contribution in [3.05, 3.63) is 0 Å². The molecule has 0 N–H and O–H groups in total. The van der Waals surface area contributed by atoms with E-state index in [0.29, 0.717) is 0 Å². The van der Waals surface area contributed by atoms with Gasteiger partial charge in [0.1, 0.15) is 0 Å². The minimum atomic E-state index is 0.997. The minimum Gasteiger partial charge on any atom is -0.0651 e. The van der Waals surface area contributed by atoms with Gasteiger partial charge in [0, 0.05) is 0 Å². The second kappa shape index (κ2) is 5.25. The van der Waals surface area contributed by atoms with E-state index in [1.54, 1.807) is 19.3 Å². The molecule has 4 aliphatic carbocycles. The van der Waals surface area contributed by atoms with Crippen molar-refractivity contribution in [1.29, 1.82) is 0 Å². The summed E-state index contributed by atoms with van der Waals surface area (Å²) in [6, 6.07) is 0. The Morgan fingerprint density at radius 3 is 1.55 bits per heavy atom. The monoisotopic (exact) mass is 302 g/mol. The van der Waals surface area contributed by atoms with Crippen LogP contribution in [0, 0.1) is 71.0 Å². The maximum Gasteiger partial charge on any atom is -0.0349 e. The molecule has 0 heterocycles. The maximum atomic E-state index is 2.61. The second-order valence-electron chi connectivity index (χ2n) is 10.1. The highest BCUT2D eigenvalue weighted by Gasteiger charge is 2.58. The fourth-order valence-electron chi connectivity index (χ4n) is 8.56. The van der Waals surface area contributed by atoms with Crippen LogP contribution in [0.2, 0.25) is 0 Å². The minimum absolute atomic E-state index is 0.997. The Bertz CT molecular complexity index is 424. The lowest BCUT2D eigenvalue weighted by Gasteiger charge is -2.43. The molecule has 0 heteroatoms.